The minimum absolute atomic E-state index is 0.00515. The van der Waals surface area contributed by atoms with Gasteiger partial charge < -0.3 is 5.32 Å². The molecule has 0 unspecified atom stereocenters. The van der Waals surface area contributed by atoms with Crippen molar-refractivity contribution in [3.05, 3.63) is 101 Å². The van der Waals surface area contributed by atoms with Gasteiger partial charge in [0, 0.05) is 24.6 Å². The van der Waals surface area contributed by atoms with E-state index in [4.69, 9.17) is 0 Å². The van der Waals surface area contributed by atoms with Crippen LogP contribution in [0.3, 0.4) is 0 Å². The number of nitrogens with zero attached hydrogens (tertiary/aromatic N) is 2. The van der Waals surface area contributed by atoms with Crippen molar-refractivity contribution < 1.29 is 13.2 Å². The van der Waals surface area contributed by atoms with Gasteiger partial charge in [0.05, 0.1) is 16.3 Å². The molecule has 7 nitrogen and oxygen atoms in total. The molecule has 4 aromatic rings. The zero-order valence-corrected chi connectivity index (χ0v) is 20.6. The highest BCUT2D eigenvalue weighted by molar-refractivity contribution is 7.92. The number of amides is 1. The van der Waals surface area contributed by atoms with Gasteiger partial charge >= 0.3 is 0 Å². The Hall–Kier alpha value is -4.04. The summed E-state index contributed by atoms with van der Waals surface area (Å²) < 4.78 is 28.9. The van der Waals surface area contributed by atoms with Crippen LogP contribution in [0.25, 0.3) is 11.3 Å². The Kier molecular flexibility index (Phi) is 6.93. The van der Waals surface area contributed by atoms with Crippen molar-refractivity contribution in [3.63, 3.8) is 0 Å². The van der Waals surface area contributed by atoms with E-state index in [9.17, 15) is 13.2 Å². The molecular weight excluding hydrogens is 460 g/mol. The van der Waals surface area contributed by atoms with Crippen LogP contribution in [-0.4, -0.2) is 24.3 Å². The average molecular weight is 487 g/mol. The lowest BCUT2D eigenvalue weighted by Crippen LogP contribution is -2.17. The smallest absolute Gasteiger partial charge is 0.264 e. The molecule has 0 spiro atoms. The fourth-order valence-corrected chi connectivity index (χ4v) is 4.90. The summed E-state index contributed by atoms with van der Waals surface area (Å²) in [6.07, 6.45) is 0.522. The van der Waals surface area contributed by atoms with Crippen LogP contribution in [-0.2, 0) is 21.2 Å². The van der Waals surface area contributed by atoms with E-state index < -0.39 is 10.0 Å². The van der Waals surface area contributed by atoms with Crippen LogP contribution in [0, 0.1) is 13.8 Å². The number of benzene rings is 3. The van der Waals surface area contributed by atoms with Gasteiger partial charge in [-0.15, -0.1) is 0 Å². The number of hydrogen-bond acceptors (Lipinski definition) is 5. The van der Waals surface area contributed by atoms with Crippen molar-refractivity contribution in [2.24, 2.45) is 0 Å². The molecule has 1 amide bonds. The minimum atomic E-state index is -4.01. The van der Waals surface area contributed by atoms with Gasteiger partial charge in [-0.3, -0.25) is 4.79 Å². The van der Waals surface area contributed by atoms with Crippen LogP contribution < -0.4 is 10.0 Å². The number of carbonyl (C=O) groups is 1. The SMILES string of the molecule is CC(=O)Nc1cccc(S(=O)(=O)Nc2nc(Cc3ccccc3)cc(-c3c(C)cccc3C)n2)c1. The lowest BCUT2D eigenvalue weighted by Gasteiger charge is -2.14. The topological polar surface area (TPSA) is 101 Å². The molecule has 4 rings (SSSR count). The first kappa shape index (κ1) is 24.1. The van der Waals surface area contributed by atoms with Gasteiger partial charge in [-0.1, -0.05) is 54.6 Å². The molecule has 2 N–H and O–H groups in total. The maximum atomic E-state index is 13.2. The second kappa shape index (κ2) is 10.1. The summed E-state index contributed by atoms with van der Waals surface area (Å²) in [7, 11) is -4.01. The van der Waals surface area contributed by atoms with Gasteiger partial charge in [-0.05, 0) is 54.8 Å². The average Bonchev–Trinajstić information content (AvgIpc) is 2.79. The molecule has 0 saturated heterocycles. The highest BCUT2D eigenvalue weighted by Gasteiger charge is 2.19. The molecule has 1 aromatic heterocycles. The predicted molar refractivity (Wildman–Crippen MR) is 138 cm³/mol. The van der Waals surface area contributed by atoms with Gasteiger partial charge in [0.25, 0.3) is 10.0 Å². The predicted octanol–water partition coefficient (Wildman–Crippen LogP) is 5.11. The maximum absolute atomic E-state index is 13.2. The molecule has 0 aliphatic carbocycles. The van der Waals surface area contributed by atoms with Crippen LogP contribution in [0.4, 0.5) is 11.6 Å². The molecule has 8 heteroatoms. The second-order valence-corrected chi connectivity index (χ2v) is 9.99. The molecule has 1 heterocycles. The minimum Gasteiger partial charge on any atom is -0.326 e. The Morgan fingerprint density at radius 2 is 1.54 bits per heavy atom. The van der Waals surface area contributed by atoms with Crippen molar-refractivity contribution in [2.75, 3.05) is 10.0 Å². The Morgan fingerprint density at radius 3 is 2.23 bits per heavy atom. The van der Waals surface area contributed by atoms with Crippen molar-refractivity contribution in [2.45, 2.75) is 32.1 Å². The largest absolute Gasteiger partial charge is 0.326 e. The lowest BCUT2D eigenvalue weighted by atomic mass is 9.99. The zero-order chi connectivity index (χ0) is 25.0. The van der Waals surface area contributed by atoms with Gasteiger partial charge in [0.15, 0.2) is 0 Å². The van der Waals surface area contributed by atoms with Crippen molar-refractivity contribution >= 4 is 27.6 Å². The van der Waals surface area contributed by atoms with Crippen LogP contribution in [0.2, 0.25) is 0 Å². The van der Waals surface area contributed by atoms with Crippen molar-refractivity contribution in [1.29, 1.82) is 0 Å². The number of nitrogens with one attached hydrogen (secondary N) is 2. The molecule has 0 fully saturated rings. The fraction of sp³-hybridized carbons (Fsp3) is 0.148. The number of carbonyl (C=O) groups excluding carboxylic acids is 1. The number of anilines is 2. The van der Waals surface area contributed by atoms with E-state index in [1.165, 1.54) is 19.1 Å². The Balaban J connectivity index is 1.76. The van der Waals surface area contributed by atoms with E-state index >= 15 is 0 Å². The third kappa shape index (κ3) is 5.91. The van der Waals surface area contributed by atoms with Gasteiger partial charge in [-0.25, -0.2) is 23.1 Å². The van der Waals surface area contributed by atoms with Crippen LogP contribution in [0.1, 0.15) is 29.3 Å². The highest BCUT2D eigenvalue weighted by Crippen LogP contribution is 2.28. The van der Waals surface area contributed by atoms with Crippen LogP contribution >= 0.6 is 0 Å². The van der Waals surface area contributed by atoms with E-state index in [1.54, 1.807) is 12.1 Å². The lowest BCUT2D eigenvalue weighted by molar-refractivity contribution is -0.114. The maximum Gasteiger partial charge on any atom is 0.264 e. The summed E-state index contributed by atoms with van der Waals surface area (Å²) in [4.78, 5) is 20.5. The van der Waals surface area contributed by atoms with Gasteiger partial charge in [0.1, 0.15) is 0 Å². The number of rotatable bonds is 7. The second-order valence-electron chi connectivity index (χ2n) is 8.31. The molecule has 0 saturated carbocycles. The van der Waals surface area contributed by atoms with Crippen LogP contribution in [0.5, 0.6) is 0 Å². The third-order valence-electron chi connectivity index (χ3n) is 5.43. The monoisotopic (exact) mass is 486 g/mol. The standard InChI is InChI=1S/C27H26N4O3S/c1-18-9-7-10-19(2)26(18)25-17-23(15-21-11-5-4-6-12-21)29-27(30-25)31-35(33,34)24-14-8-13-22(16-24)28-20(3)32/h4-14,16-17H,15H2,1-3H3,(H,28,32)(H,29,30,31). The van der Waals surface area contributed by atoms with E-state index in [0.717, 1.165) is 22.3 Å². The summed E-state index contributed by atoms with van der Waals surface area (Å²) >= 11 is 0. The summed E-state index contributed by atoms with van der Waals surface area (Å²) in [6, 6.07) is 23.8. The van der Waals surface area contributed by atoms with E-state index in [-0.39, 0.29) is 16.8 Å². The quantitative estimate of drug-likeness (QED) is 0.378. The molecule has 0 aliphatic rings. The van der Waals surface area contributed by atoms with E-state index in [2.05, 4.69) is 20.0 Å². The molecule has 0 atom stereocenters. The van der Waals surface area contributed by atoms with Crippen LogP contribution in [0.15, 0.2) is 83.8 Å². The molecule has 0 bridgehead atoms. The van der Waals surface area contributed by atoms with Crippen molar-refractivity contribution in [3.8, 4) is 11.3 Å². The van der Waals surface area contributed by atoms with Gasteiger partial charge in [0.2, 0.25) is 11.9 Å². The first-order chi connectivity index (χ1) is 16.7. The summed E-state index contributed by atoms with van der Waals surface area (Å²) in [5, 5.41) is 2.60. The molecule has 0 aliphatic heterocycles. The number of hydrogen-bond donors (Lipinski definition) is 2. The number of sulfonamides is 1. The zero-order valence-electron chi connectivity index (χ0n) is 19.7. The summed E-state index contributed by atoms with van der Waals surface area (Å²) in [5.41, 5.74) is 5.78. The molecule has 178 valence electrons. The first-order valence-electron chi connectivity index (χ1n) is 11.1. The molecular formula is C27H26N4O3S. The number of aromatic nitrogens is 2. The fourth-order valence-electron chi connectivity index (χ4n) is 3.91. The molecule has 3 aromatic carbocycles. The van der Waals surface area contributed by atoms with Gasteiger partial charge in [-0.2, -0.15) is 0 Å². The summed E-state index contributed by atoms with van der Waals surface area (Å²) in [5.74, 6) is -0.302. The van der Waals surface area contributed by atoms with E-state index in [0.29, 0.717) is 23.5 Å². The van der Waals surface area contributed by atoms with Crippen molar-refractivity contribution in [1.82, 2.24) is 9.97 Å². The first-order valence-corrected chi connectivity index (χ1v) is 12.6. The van der Waals surface area contributed by atoms with E-state index in [1.807, 2.05) is 68.4 Å². The third-order valence-corrected chi connectivity index (χ3v) is 6.76. The Bertz CT molecular complexity index is 1470. The Labute approximate surface area is 205 Å². The normalized spacial score (nSPS) is 11.2. The molecule has 0 radical (unpaired) electrons. The Morgan fingerprint density at radius 1 is 0.857 bits per heavy atom. The summed E-state index contributed by atoms with van der Waals surface area (Å²) in [6.45, 7) is 5.36. The number of aryl methyl sites for hydroxylation is 2. The molecule has 35 heavy (non-hydrogen) atoms. The highest BCUT2D eigenvalue weighted by atomic mass is 32.2.